The van der Waals surface area contributed by atoms with Crippen LogP contribution in [0.25, 0.3) is 0 Å². The summed E-state index contributed by atoms with van der Waals surface area (Å²) in [6.45, 7) is 16.9. The van der Waals surface area contributed by atoms with Crippen LogP contribution in [0.1, 0.15) is 138 Å². The Morgan fingerprint density at radius 3 is 2.25 bits per heavy atom. The van der Waals surface area contributed by atoms with Crippen molar-refractivity contribution in [1.82, 2.24) is 0 Å². The SMILES string of the molecule is C=C1/C(=C\C=C2/CC[C@@H](CCCCCCC(C)(C)O)[C@]3(C)[C@@H]([C@H](C)CCCC(C)(C)O)CC[C@@H]23)C[C@@H](O)C[C@@H]1O. The molecule has 0 aromatic heterocycles. The first-order valence-corrected chi connectivity index (χ1v) is 16.5. The quantitative estimate of drug-likeness (QED) is 0.172. The van der Waals surface area contributed by atoms with Crippen molar-refractivity contribution in [2.75, 3.05) is 0 Å². The molecule has 7 atom stereocenters. The summed E-state index contributed by atoms with van der Waals surface area (Å²) in [5, 5.41) is 40.9. The highest BCUT2D eigenvalue weighted by Gasteiger charge is 2.54. The lowest BCUT2D eigenvalue weighted by Gasteiger charge is -2.50. The van der Waals surface area contributed by atoms with E-state index in [1.54, 1.807) is 5.57 Å². The lowest BCUT2D eigenvalue weighted by atomic mass is 9.54. The second-order valence-corrected chi connectivity index (χ2v) is 15.4. The molecule has 40 heavy (non-hydrogen) atoms. The standard InChI is InChI=1S/C36H62O4/c1-25(13-12-22-35(5,6)40)31-19-20-32-27(15-16-28-23-30(37)24-33(38)26(28)2)17-18-29(36(31,32)7)14-10-8-9-11-21-34(3,4)39/h15-16,25,29-33,37-40H,2,8-14,17-24H2,1,3-7H3/b27-15+,28-16-/t25-,29-,30-,31-,32+,33+,36-/m1/s1. The Bertz CT molecular complexity index is 887. The topological polar surface area (TPSA) is 80.9 Å². The Labute approximate surface area is 246 Å². The second kappa shape index (κ2) is 14.0. The van der Waals surface area contributed by atoms with Crippen molar-refractivity contribution < 1.29 is 20.4 Å². The molecule has 3 saturated carbocycles. The molecule has 0 aromatic carbocycles. The van der Waals surface area contributed by atoms with E-state index in [9.17, 15) is 20.4 Å². The van der Waals surface area contributed by atoms with Crippen LogP contribution >= 0.6 is 0 Å². The van der Waals surface area contributed by atoms with Crippen molar-refractivity contribution in [2.45, 2.75) is 161 Å². The van der Waals surface area contributed by atoms with E-state index in [2.05, 4.69) is 32.6 Å². The van der Waals surface area contributed by atoms with Crippen LogP contribution in [0, 0.1) is 29.1 Å². The molecule has 3 aliphatic rings. The van der Waals surface area contributed by atoms with Crippen molar-refractivity contribution in [3.8, 4) is 0 Å². The van der Waals surface area contributed by atoms with Gasteiger partial charge in [0.1, 0.15) is 0 Å². The number of aliphatic hydroxyl groups excluding tert-OH is 2. The zero-order valence-electron chi connectivity index (χ0n) is 26.7. The highest BCUT2D eigenvalue weighted by molar-refractivity contribution is 5.38. The van der Waals surface area contributed by atoms with Gasteiger partial charge in [-0.05, 0) is 119 Å². The van der Waals surface area contributed by atoms with Crippen LogP contribution in [0.4, 0.5) is 0 Å². The lowest BCUT2D eigenvalue weighted by molar-refractivity contribution is 0.0174. The number of rotatable bonds is 13. The third kappa shape index (κ3) is 9.03. The van der Waals surface area contributed by atoms with Gasteiger partial charge in [-0.3, -0.25) is 0 Å². The molecule has 0 heterocycles. The number of aliphatic hydroxyl groups is 4. The van der Waals surface area contributed by atoms with Gasteiger partial charge >= 0.3 is 0 Å². The summed E-state index contributed by atoms with van der Waals surface area (Å²) >= 11 is 0. The largest absolute Gasteiger partial charge is 0.393 e. The Kier molecular flexibility index (Phi) is 11.8. The van der Waals surface area contributed by atoms with Crippen molar-refractivity contribution in [3.05, 3.63) is 35.5 Å². The fourth-order valence-electron chi connectivity index (χ4n) is 8.60. The highest BCUT2D eigenvalue weighted by Crippen LogP contribution is 2.63. The first-order chi connectivity index (χ1) is 18.6. The van der Waals surface area contributed by atoms with Crippen molar-refractivity contribution in [1.29, 1.82) is 0 Å². The number of fused-ring (bicyclic) bond motifs is 1. The first-order valence-electron chi connectivity index (χ1n) is 16.5. The first kappa shape index (κ1) is 33.6. The minimum absolute atomic E-state index is 0.284. The van der Waals surface area contributed by atoms with Crippen LogP contribution in [0.5, 0.6) is 0 Å². The number of hydrogen-bond donors (Lipinski definition) is 4. The van der Waals surface area contributed by atoms with E-state index in [1.165, 1.54) is 51.4 Å². The zero-order chi connectivity index (χ0) is 29.7. The van der Waals surface area contributed by atoms with E-state index < -0.39 is 23.4 Å². The normalized spacial score (nSPS) is 34.5. The molecule has 3 aliphatic carbocycles. The monoisotopic (exact) mass is 558 g/mol. The molecule has 4 N–H and O–H groups in total. The van der Waals surface area contributed by atoms with Gasteiger partial charge in [0, 0.05) is 6.42 Å². The third-order valence-corrected chi connectivity index (χ3v) is 10.9. The number of hydrogen-bond acceptors (Lipinski definition) is 4. The lowest BCUT2D eigenvalue weighted by Crippen LogP contribution is -2.43. The Balaban J connectivity index is 1.75. The minimum atomic E-state index is -0.640. The molecule has 3 fully saturated rings. The van der Waals surface area contributed by atoms with Crippen LogP contribution in [-0.2, 0) is 0 Å². The molecule has 0 aliphatic heterocycles. The summed E-state index contributed by atoms with van der Waals surface area (Å²) in [5.41, 5.74) is 2.47. The average Bonchev–Trinajstić information content (AvgIpc) is 3.20. The van der Waals surface area contributed by atoms with E-state index in [0.29, 0.717) is 30.6 Å². The Morgan fingerprint density at radius 1 is 0.925 bits per heavy atom. The molecule has 0 bridgehead atoms. The predicted molar refractivity (Wildman–Crippen MR) is 167 cm³/mol. The Morgan fingerprint density at radius 2 is 1.57 bits per heavy atom. The molecule has 4 nitrogen and oxygen atoms in total. The minimum Gasteiger partial charge on any atom is -0.393 e. The average molecular weight is 559 g/mol. The predicted octanol–water partition coefficient (Wildman–Crippen LogP) is 8.04. The molecule has 0 radical (unpaired) electrons. The van der Waals surface area contributed by atoms with Gasteiger partial charge in [0.2, 0.25) is 0 Å². The summed E-state index contributed by atoms with van der Waals surface area (Å²) in [6.07, 6.45) is 19.4. The van der Waals surface area contributed by atoms with Gasteiger partial charge in [0.25, 0.3) is 0 Å². The van der Waals surface area contributed by atoms with Crippen molar-refractivity contribution in [3.63, 3.8) is 0 Å². The van der Waals surface area contributed by atoms with E-state index in [-0.39, 0.29) is 5.41 Å². The second-order valence-electron chi connectivity index (χ2n) is 15.4. The summed E-state index contributed by atoms with van der Waals surface area (Å²) in [4.78, 5) is 0. The summed E-state index contributed by atoms with van der Waals surface area (Å²) in [7, 11) is 0. The van der Waals surface area contributed by atoms with E-state index in [1.807, 2.05) is 27.7 Å². The van der Waals surface area contributed by atoms with Crippen LogP contribution in [0.15, 0.2) is 35.5 Å². The van der Waals surface area contributed by atoms with Gasteiger partial charge in [-0.25, -0.2) is 0 Å². The molecule has 0 unspecified atom stereocenters. The smallest absolute Gasteiger partial charge is 0.0811 e. The molecule has 4 heteroatoms. The molecular weight excluding hydrogens is 496 g/mol. The number of allylic oxidation sites excluding steroid dienone is 3. The molecule has 3 rings (SSSR count). The summed E-state index contributed by atoms with van der Waals surface area (Å²) in [6, 6.07) is 0. The van der Waals surface area contributed by atoms with Gasteiger partial charge in [0.15, 0.2) is 0 Å². The highest BCUT2D eigenvalue weighted by atomic mass is 16.3. The molecule has 0 spiro atoms. The summed E-state index contributed by atoms with van der Waals surface area (Å²) < 4.78 is 0. The van der Waals surface area contributed by atoms with Crippen molar-refractivity contribution in [2.24, 2.45) is 29.1 Å². The molecular formula is C36H62O4. The van der Waals surface area contributed by atoms with Gasteiger partial charge in [-0.15, -0.1) is 0 Å². The number of unbranched alkanes of at least 4 members (excludes halogenated alkanes) is 3. The molecule has 0 aromatic rings. The van der Waals surface area contributed by atoms with Crippen LogP contribution in [0.2, 0.25) is 0 Å². The molecule has 0 saturated heterocycles. The van der Waals surface area contributed by atoms with Crippen molar-refractivity contribution >= 4 is 0 Å². The maximum Gasteiger partial charge on any atom is 0.0811 e. The van der Waals surface area contributed by atoms with Gasteiger partial charge in [0.05, 0.1) is 23.4 Å². The van der Waals surface area contributed by atoms with E-state index in [0.717, 1.165) is 49.2 Å². The Hall–Kier alpha value is -0.940. The fraction of sp³-hybridized carbons (Fsp3) is 0.833. The molecule has 0 amide bonds. The van der Waals surface area contributed by atoms with Crippen LogP contribution < -0.4 is 0 Å². The van der Waals surface area contributed by atoms with Gasteiger partial charge < -0.3 is 20.4 Å². The van der Waals surface area contributed by atoms with Gasteiger partial charge in [-0.2, -0.15) is 0 Å². The van der Waals surface area contributed by atoms with Crippen LogP contribution in [0.3, 0.4) is 0 Å². The third-order valence-electron chi connectivity index (χ3n) is 10.9. The van der Waals surface area contributed by atoms with E-state index in [4.69, 9.17) is 0 Å². The fourth-order valence-corrected chi connectivity index (χ4v) is 8.60. The summed E-state index contributed by atoms with van der Waals surface area (Å²) in [5.74, 6) is 2.66. The maximum absolute atomic E-state index is 10.3. The molecule has 230 valence electrons. The zero-order valence-corrected chi connectivity index (χ0v) is 26.7. The van der Waals surface area contributed by atoms with Gasteiger partial charge in [-0.1, -0.05) is 76.7 Å². The van der Waals surface area contributed by atoms with Crippen LogP contribution in [-0.4, -0.2) is 43.8 Å². The maximum atomic E-state index is 10.3. The van der Waals surface area contributed by atoms with E-state index >= 15 is 0 Å².